The quantitative estimate of drug-likeness (QED) is 0.912. The van der Waals surface area contributed by atoms with Crippen LogP contribution in [0.5, 0.6) is 0 Å². The maximum atomic E-state index is 12.4. The Hall–Kier alpha value is -1.62. The number of hydrogen-bond acceptors (Lipinski definition) is 4. The molecule has 0 aliphatic carbocycles. The fourth-order valence-corrected chi connectivity index (χ4v) is 2.71. The highest BCUT2D eigenvalue weighted by Crippen LogP contribution is 2.23. The lowest BCUT2D eigenvalue weighted by atomic mass is 10.2. The third-order valence-corrected chi connectivity index (χ3v) is 4.07. The van der Waals surface area contributed by atoms with Gasteiger partial charge in [0.25, 0.3) is 5.56 Å². The highest BCUT2D eigenvalue weighted by atomic mass is 32.1. The van der Waals surface area contributed by atoms with Crippen molar-refractivity contribution in [2.24, 2.45) is 0 Å². The molecule has 0 aromatic carbocycles. The molecule has 0 saturated heterocycles. The zero-order valence-corrected chi connectivity index (χ0v) is 13.2. The lowest BCUT2D eigenvalue weighted by Crippen LogP contribution is -2.22. The van der Waals surface area contributed by atoms with Gasteiger partial charge in [-0.2, -0.15) is 0 Å². The molecule has 2 aromatic rings. The first-order valence-corrected chi connectivity index (χ1v) is 7.84. The van der Waals surface area contributed by atoms with Gasteiger partial charge in [0.1, 0.15) is 0 Å². The molecular formula is C15H21N3OS. The third kappa shape index (κ3) is 3.10. The van der Waals surface area contributed by atoms with Gasteiger partial charge in [-0.15, -0.1) is 11.3 Å². The molecule has 20 heavy (non-hydrogen) atoms. The van der Waals surface area contributed by atoms with Crippen molar-refractivity contribution in [1.82, 2.24) is 9.55 Å². The first-order valence-electron chi connectivity index (χ1n) is 6.96. The normalized spacial score (nSPS) is 12.7. The van der Waals surface area contributed by atoms with Gasteiger partial charge < -0.3 is 9.88 Å². The molecule has 0 fully saturated rings. The number of nitrogens with zero attached hydrogens (tertiary/aromatic N) is 2. The molecule has 2 aromatic heterocycles. The molecule has 1 unspecified atom stereocenters. The van der Waals surface area contributed by atoms with Gasteiger partial charge in [0, 0.05) is 23.7 Å². The van der Waals surface area contributed by atoms with Crippen molar-refractivity contribution in [2.75, 3.05) is 5.32 Å². The molecule has 0 aliphatic rings. The maximum Gasteiger partial charge on any atom is 0.260 e. The highest BCUT2D eigenvalue weighted by molar-refractivity contribution is 7.14. The summed E-state index contributed by atoms with van der Waals surface area (Å²) in [7, 11) is 0. The van der Waals surface area contributed by atoms with Gasteiger partial charge in [-0.3, -0.25) is 4.79 Å². The third-order valence-electron chi connectivity index (χ3n) is 3.29. The summed E-state index contributed by atoms with van der Waals surface area (Å²) < 4.78 is 1.73. The Morgan fingerprint density at radius 1 is 1.40 bits per heavy atom. The molecule has 2 heterocycles. The van der Waals surface area contributed by atoms with Crippen LogP contribution in [0.2, 0.25) is 0 Å². The molecule has 1 N–H and O–H groups in total. The largest absolute Gasteiger partial charge is 0.359 e. The van der Waals surface area contributed by atoms with Crippen molar-refractivity contribution in [3.8, 4) is 11.3 Å². The molecule has 5 heteroatoms. The van der Waals surface area contributed by atoms with E-state index in [1.165, 1.54) is 0 Å². The minimum Gasteiger partial charge on any atom is -0.359 e. The predicted molar refractivity (Wildman–Crippen MR) is 85.6 cm³/mol. The summed E-state index contributed by atoms with van der Waals surface area (Å²) in [6.45, 7) is 8.25. The lowest BCUT2D eigenvalue weighted by molar-refractivity contribution is 0.579. The first-order chi connectivity index (χ1) is 9.52. The number of thiazole rings is 1. The van der Waals surface area contributed by atoms with Crippen LogP contribution < -0.4 is 10.9 Å². The van der Waals surface area contributed by atoms with E-state index in [1.807, 2.05) is 37.6 Å². The monoisotopic (exact) mass is 291 g/mol. The predicted octanol–water partition coefficient (Wildman–Crippen LogP) is 3.76. The fourth-order valence-electron chi connectivity index (χ4n) is 1.89. The zero-order valence-electron chi connectivity index (χ0n) is 12.4. The van der Waals surface area contributed by atoms with Crippen molar-refractivity contribution >= 4 is 16.5 Å². The Morgan fingerprint density at radius 3 is 2.80 bits per heavy atom. The van der Waals surface area contributed by atoms with Gasteiger partial charge >= 0.3 is 0 Å². The van der Waals surface area contributed by atoms with E-state index in [0.717, 1.165) is 17.2 Å². The van der Waals surface area contributed by atoms with Crippen molar-refractivity contribution in [2.45, 2.75) is 46.2 Å². The molecule has 4 nitrogen and oxygen atoms in total. The summed E-state index contributed by atoms with van der Waals surface area (Å²) in [5, 5.41) is 6.14. The second-order valence-electron chi connectivity index (χ2n) is 5.22. The molecule has 0 aliphatic heterocycles. The van der Waals surface area contributed by atoms with Crippen LogP contribution >= 0.6 is 11.3 Å². The van der Waals surface area contributed by atoms with Crippen LogP contribution in [0.4, 0.5) is 5.13 Å². The van der Waals surface area contributed by atoms with E-state index in [-0.39, 0.29) is 11.6 Å². The van der Waals surface area contributed by atoms with Gasteiger partial charge in [-0.25, -0.2) is 4.98 Å². The van der Waals surface area contributed by atoms with Crippen molar-refractivity contribution < 1.29 is 0 Å². The van der Waals surface area contributed by atoms with Gasteiger partial charge in [-0.05, 0) is 39.3 Å². The summed E-state index contributed by atoms with van der Waals surface area (Å²) in [6.07, 6.45) is 2.86. The van der Waals surface area contributed by atoms with E-state index < -0.39 is 0 Å². The first kappa shape index (κ1) is 14.8. The van der Waals surface area contributed by atoms with E-state index in [0.29, 0.717) is 11.6 Å². The zero-order chi connectivity index (χ0) is 14.7. The summed E-state index contributed by atoms with van der Waals surface area (Å²) in [4.78, 5) is 16.9. The minimum absolute atomic E-state index is 0.0166. The number of nitrogens with one attached hydrogen (secondary N) is 1. The number of hydrogen-bond donors (Lipinski definition) is 1. The lowest BCUT2D eigenvalue weighted by Gasteiger charge is -2.10. The van der Waals surface area contributed by atoms with Gasteiger partial charge in [0.15, 0.2) is 5.13 Å². The Bertz CT molecular complexity index is 630. The van der Waals surface area contributed by atoms with Crippen LogP contribution in [0.25, 0.3) is 11.3 Å². The van der Waals surface area contributed by atoms with Crippen molar-refractivity contribution in [3.05, 3.63) is 34.1 Å². The number of anilines is 1. The van der Waals surface area contributed by atoms with Crippen LogP contribution in [0.3, 0.4) is 0 Å². The molecule has 108 valence electrons. The van der Waals surface area contributed by atoms with E-state index in [2.05, 4.69) is 24.1 Å². The topological polar surface area (TPSA) is 46.9 Å². The molecule has 0 spiro atoms. The average molecular weight is 291 g/mol. The summed E-state index contributed by atoms with van der Waals surface area (Å²) >= 11 is 1.54. The Morgan fingerprint density at radius 2 is 2.15 bits per heavy atom. The summed E-state index contributed by atoms with van der Waals surface area (Å²) in [6, 6.07) is 4.28. The van der Waals surface area contributed by atoms with E-state index >= 15 is 0 Å². The van der Waals surface area contributed by atoms with E-state index in [9.17, 15) is 4.79 Å². The number of rotatable bonds is 5. The summed E-state index contributed by atoms with van der Waals surface area (Å²) in [5.41, 5.74) is 1.43. The highest BCUT2D eigenvalue weighted by Gasteiger charge is 2.12. The average Bonchev–Trinajstić information content (AvgIpc) is 2.86. The summed E-state index contributed by atoms with van der Waals surface area (Å²) in [5.74, 6) is 0. The van der Waals surface area contributed by atoms with Gasteiger partial charge in [0.2, 0.25) is 0 Å². The Labute approximate surface area is 123 Å². The Balaban J connectivity index is 2.33. The standard InChI is InChI=1S/C15H21N3OS/c1-5-11(4)16-15-17-13(9-20-15)12-7-6-8-18(10(2)3)14(12)19/h6-11H,5H2,1-4H3,(H,16,17). The van der Waals surface area contributed by atoms with Gasteiger partial charge in [-0.1, -0.05) is 6.92 Å². The second-order valence-corrected chi connectivity index (χ2v) is 6.08. The molecule has 1 atom stereocenters. The van der Waals surface area contributed by atoms with Crippen LogP contribution in [-0.4, -0.2) is 15.6 Å². The Kier molecular flexibility index (Phi) is 4.60. The van der Waals surface area contributed by atoms with Crippen LogP contribution in [0.1, 0.15) is 40.2 Å². The smallest absolute Gasteiger partial charge is 0.260 e. The maximum absolute atomic E-state index is 12.4. The van der Waals surface area contributed by atoms with E-state index in [1.54, 1.807) is 15.9 Å². The van der Waals surface area contributed by atoms with Crippen molar-refractivity contribution in [3.63, 3.8) is 0 Å². The fraction of sp³-hybridized carbons (Fsp3) is 0.467. The second kappa shape index (κ2) is 6.22. The molecule has 0 amide bonds. The molecule has 0 saturated carbocycles. The molecule has 0 radical (unpaired) electrons. The number of aromatic nitrogens is 2. The van der Waals surface area contributed by atoms with Crippen molar-refractivity contribution in [1.29, 1.82) is 0 Å². The van der Waals surface area contributed by atoms with Gasteiger partial charge in [0.05, 0.1) is 11.3 Å². The molecular weight excluding hydrogens is 270 g/mol. The van der Waals surface area contributed by atoms with Crippen LogP contribution in [0, 0.1) is 0 Å². The van der Waals surface area contributed by atoms with Crippen LogP contribution in [0.15, 0.2) is 28.5 Å². The van der Waals surface area contributed by atoms with E-state index in [4.69, 9.17) is 0 Å². The number of pyridine rings is 1. The molecule has 2 rings (SSSR count). The van der Waals surface area contributed by atoms with Crippen LogP contribution in [-0.2, 0) is 0 Å². The minimum atomic E-state index is 0.0166. The SMILES string of the molecule is CCC(C)Nc1nc(-c2cccn(C(C)C)c2=O)cs1. The molecule has 0 bridgehead atoms.